The minimum atomic E-state index is -0.0835. The quantitative estimate of drug-likeness (QED) is 0.926. The van der Waals surface area contributed by atoms with Crippen LogP contribution in [0.5, 0.6) is 0 Å². The van der Waals surface area contributed by atoms with Gasteiger partial charge in [0, 0.05) is 16.6 Å². The molecule has 3 nitrogen and oxygen atoms in total. The van der Waals surface area contributed by atoms with E-state index in [9.17, 15) is 4.79 Å². The third kappa shape index (κ3) is 4.20. The molecular weight excluding hydrogens is 281 g/mol. The third-order valence-corrected chi connectivity index (χ3v) is 2.63. The van der Waals surface area contributed by atoms with Gasteiger partial charge in [0.15, 0.2) is 0 Å². The third-order valence-electron chi connectivity index (χ3n) is 1.74. The van der Waals surface area contributed by atoms with Crippen molar-refractivity contribution in [3.8, 4) is 0 Å². The molecule has 1 N–H and O–H groups in total. The molecule has 0 fully saturated rings. The molecule has 0 atom stereocenters. The Balaban J connectivity index is 2.60. The lowest BCUT2D eigenvalue weighted by Crippen LogP contribution is -2.13. The molecule has 0 radical (unpaired) electrons. The van der Waals surface area contributed by atoms with Gasteiger partial charge in [-0.2, -0.15) is 0 Å². The molecule has 0 saturated heterocycles. The Morgan fingerprint density at radius 2 is 2.33 bits per heavy atom. The maximum absolute atomic E-state index is 11.4. The van der Waals surface area contributed by atoms with Crippen molar-refractivity contribution in [2.75, 3.05) is 19.0 Å². The van der Waals surface area contributed by atoms with E-state index in [1.165, 1.54) is 0 Å². The molecule has 1 aromatic carbocycles. The molecule has 1 aromatic rings. The van der Waals surface area contributed by atoms with Crippen LogP contribution in [-0.4, -0.2) is 19.6 Å². The fourth-order valence-electron chi connectivity index (χ4n) is 0.998. The molecule has 5 heteroatoms. The minimum absolute atomic E-state index is 0.0835. The minimum Gasteiger partial charge on any atom is -0.384 e. The molecule has 15 heavy (non-hydrogen) atoms. The van der Waals surface area contributed by atoms with Crippen molar-refractivity contribution in [1.82, 2.24) is 0 Å². The summed E-state index contributed by atoms with van der Waals surface area (Å²) in [7, 11) is 1.56. The van der Waals surface area contributed by atoms with Crippen molar-refractivity contribution in [3.05, 3.63) is 27.7 Å². The van der Waals surface area contributed by atoms with Gasteiger partial charge in [-0.3, -0.25) is 4.79 Å². The van der Waals surface area contributed by atoms with Gasteiger partial charge < -0.3 is 10.1 Å². The van der Waals surface area contributed by atoms with Gasteiger partial charge in [-0.15, -0.1) is 0 Å². The molecule has 0 unspecified atom stereocenters. The highest BCUT2D eigenvalue weighted by molar-refractivity contribution is 9.10. The van der Waals surface area contributed by atoms with Crippen LogP contribution in [0.4, 0.5) is 5.69 Å². The van der Waals surface area contributed by atoms with E-state index in [-0.39, 0.29) is 5.91 Å². The highest BCUT2D eigenvalue weighted by Gasteiger charge is 2.05. The lowest BCUT2D eigenvalue weighted by atomic mass is 10.3. The number of hydrogen-bond donors (Lipinski definition) is 1. The molecular formula is C10H11BrClNO2. The van der Waals surface area contributed by atoms with Crippen LogP contribution in [0, 0.1) is 0 Å². The zero-order valence-electron chi connectivity index (χ0n) is 8.22. The summed E-state index contributed by atoms with van der Waals surface area (Å²) in [6.07, 6.45) is 0.339. The number of halogens is 2. The topological polar surface area (TPSA) is 38.3 Å². The fourth-order valence-corrected chi connectivity index (χ4v) is 1.78. The van der Waals surface area contributed by atoms with Crippen LogP contribution in [0.1, 0.15) is 6.42 Å². The summed E-state index contributed by atoms with van der Waals surface area (Å²) < 4.78 is 5.57. The second-order valence-electron chi connectivity index (χ2n) is 2.92. The van der Waals surface area contributed by atoms with Crippen molar-refractivity contribution < 1.29 is 9.53 Å². The summed E-state index contributed by atoms with van der Waals surface area (Å²) in [5.74, 6) is -0.0835. The number of nitrogens with one attached hydrogen (secondary N) is 1. The van der Waals surface area contributed by atoms with E-state index in [4.69, 9.17) is 16.3 Å². The first kappa shape index (κ1) is 12.5. The molecule has 82 valence electrons. The zero-order valence-corrected chi connectivity index (χ0v) is 10.6. The molecule has 0 aliphatic carbocycles. The fraction of sp³-hybridized carbons (Fsp3) is 0.300. The predicted molar refractivity (Wildman–Crippen MR) is 64.3 cm³/mol. The molecule has 0 aromatic heterocycles. The first-order chi connectivity index (χ1) is 7.13. The number of amides is 1. The SMILES string of the molecule is COCCC(=O)Nc1ccc(Cl)cc1Br. The lowest BCUT2D eigenvalue weighted by molar-refractivity contribution is -0.117. The molecule has 0 spiro atoms. The van der Waals surface area contributed by atoms with Gasteiger partial charge in [0.05, 0.1) is 18.7 Å². The Bertz CT molecular complexity index is 357. The average Bonchev–Trinajstić information content (AvgIpc) is 2.19. The van der Waals surface area contributed by atoms with E-state index in [2.05, 4.69) is 21.2 Å². The highest BCUT2D eigenvalue weighted by Crippen LogP contribution is 2.25. The molecule has 0 aliphatic rings. The number of ether oxygens (including phenoxy) is 1. The van der Waals surface area contributed by atoms with Gasteiger partial charge in [0.1, 0.15) is 0 Å². The smallest absolute Gasteiger partial charge is 0.226 e. The number of methoxy groups -OCH3 is 1. The van der Waals surface area contributed by atoms with E-state index >= 15 is 0 Å². The van der Waals surface area contributed by atoms with Gasteiger partial charge in [-0.1, -0.05) is 11.6 Å². The molecule has 0 saturated carbocycles. The number of benzene rings is 1. The van der Waals surface area contributed by atoms with Crippen LogP contribution in [0.2, 0.25) is 5.02 Å². The summed E-state index contributed by atoms with van der Waals surface area (Å²) in [5.41, 5.74) is 0.709. The second kappa shape index (κ2) is 6.10. The van der Waals surface area contributed by atoms with Gasteiger partial charge in [-0.05, 0) is 34.1 Å². The summed E-state index contributed by atoms with van der Waals surface area (Å²) in [6.45, 7) is 0.414. The summed E-state index contributed by atoms with van der Waals surface area (Å²) in [4.78, 5) is 11.4. The van der Waals surface area contributed by atoms with Crippen LogP contribution in [0.25, 0.3) is 0 Å². The number of carbonyl (C=O) groups excluding carboxylic acids is 1. The number of rotatable bonds is 4. The average molecular weight is 293 g/mol. The number of anilines is 1. The standard InChI is InChI=1S/C10H11BrClNO2/c1-15-5-4-10(14)13-9-3-2-7(12)6-8(9)11/h2-3,6H,4-5H2,1H3,(H,13,14). The van der Waals surface area contributed by atoms with E-state index in [0.717, 1.165) is 4.47 Å². The molecule has 0 heterocycles. The van der Waals surface area contributed by atoms with E-state index in [0.29, 0.717) is 23.7 Å². The number of carbonyl (C=O) groups is 1. The van der Waals surface area contributed by atoms with Gasteiger partial charge in [0.2, 0.25) is 5.91 Å². The van der Waals surface area contributed by atoms with Gasteiger partial charge in [0.25, 0.3) is 0 Å². The van der Waals surface area contributed by atoms with Crippen molar-refractivity contribution in [2.45, 2.75) is 6.42 Å². The summed E-state index contributed by atoms with van der Waals surface area (Å²) in [5, 5.41) is 3.37. The van der Waals surface area contributed by atoms with E-state index < -0.39 is 0 Å². The summed E-state index contributed by atoms with van der Waals surface area (Å²) in [6, 6.07) is 5.20. The Kier molecular flexibility index (Phi) is 5.08. The first-order valence-corrected chi connectivity index (χ1v) is 5.54. The maximum atomic E-state index is 11.4. The lowest BCUT2D eigenvalue weighted by Gasteiger charge is -2.07. The highest BCUT2D eigenvalue weighted by atomic mass is 79.9. The van der Waals surface area contributed by atoms with E-state index in [1.54, 1.807) is 25.3 Å². The van der Waals surface area contributed by atoms with Crippen molar-refractivity contribution >= 4 is 39.1 Å². The Labute approximate surface area is 102 Å². The normalized spacial score (nSPS) is 10.1. The molecule has 0 bridgehead atoms. The second-order valence-corrected chi connectivity index (χ2v) is 4.21. The zero-order chi connectivity index (χ0) is 11.3. The van der Waals surface area contributed by atoms with Crippen LogP contribution in [0.3, 0.4) is 0 Å². The van der Waals surface area contributed by atoms with Crippen molar-refractivity contribution in [2.24, 2.45) is 0 Å². The maximum Gasteiger partial charge on any atom is 0.226 e. The van der Waals surface area contributed by atoms with Crippen molar-refractivity contribution in [1.29, 1.82) is 0 Å². The number of hydrogen-bond acceptors (Lipinski definition) is 2. The molecule has 1 rings (SSSR count). The predicted octanol–water partition coefficient (Wildman–Crippen LogP) is 3.08. The Hall–Kier alpha value is -0.580. The van der Waals surface area contributed by atoms with E-state index in [1.807, 2.05) is 0 Å². The van der Waals surface area contributed by atoms with Crippen LogP contribution < -0.4 is 5.32 Å². The molecule has 1 amide bonds. The first-order valence-electron chi connectivity index (χ1n) is 4.37. The molecule has 0 aliphatic heterocycles. The monoisotopic (exact) mass is 291 g/mol. The van der Waals surface area contributed by atoms with Crippen LogP contribution in [-0.2, 0) is 9.53 Å². The largest absolute Gasteiger partial charge is 0.384 e. The Morgan fingerprint density at radius 1 is 1.60 bits per heavy atom. The van der Waals surface area contributed by atoms with Gasteiger partial charge in [-0.25, -0.2) is 0 Å². The summed E-state index contributed by atoms with van der Waals surface area (Å²) >= 11 is 9.09. The van der Waals surface area contributed by atoms with Crippen molar-refractivity contribution in [3.63, 3.8) is 0 Å². The van der Waals surface area contributed by atoms with Crippen LogP contribution in [0.15, 0.2) is 22.7 Å². The Morgan fingerprint density at radius 3 is 2.93 bits per heavy atom. The van der Waals surface area contributed by atoms with Crippen LogP contribution >= 0.6 is 27.5 Å². The van der Waals surface area contributed by atoms with Gasteiger partial charge >= 0.3 is 0 Å².